The van der Waals surface area contributed by atoms with Crippen molar-refractivity contribution >= 4 is 15.9 Å². The van der Waals surface area contributed by atoms with Crippen LogP contribution in [0.4, 0.5) is 0 Å². The Kier molecular flexibility index (Phi) is 4.68. The lowest BCUT2D eigenvalue weighted by molar-refractivity contribution is 0.218. The van der Waals surface area contributed by atoms with Crippen molar-refractivity contribution in [2.45, 2.75) is 13.0 Å². The number of ether oxygens (including phenoxy) is 2. The molecule has 1 atom stereocenters. The second-order valence-corrected chi connectivity index (χ2v) is 5.43. The Morgan fingerprint density at radius 1 is 1.00 bits per heavy atom. The van der Waals surface area contributed by atoms with Crippen molar-refractivity contribution in [1.82, 2.24) is 0 Å². The third-order valence-corrected chi connectivity index (χ3v) is 3.74. The van der Waals surface area contributed by atoms with Crippen LogP contribution < -0.4 is 9.47 Å². The Hall–Kier alpha value is -1.52. The highest BCUT2D eigenvalue weighted by Crippen LogP contribution is 2.33. The largest absolute Gasteiger partial charge is 0.493 e. The van der Waals surface area contributed by atoms with E-state index in [-0.39, 0.29) is 0 Å². The van der Waals surface area contributed by atoms with Crippen LogP contribution in [0.25, 0.3) is 0 Å². The van der Waals surface area contributed by atoms with Crippen LogP contribution in [0, 0.1) is 6.92 Å². The van der Waals surface area contributed by atoms with Gasteiger partial charge in [-0.1, -0.05) is 28.1 Å². The molecule has 2 aromatic carbocycles. The molecule has 0 saturated heterocycles. The second-order valence-electron chi connectivity index (χ2n) is 4.52. The Bertz CT molecular complexity index is 611. The minimum atomic E-state index is -0.692. The summed E-state index contributed by atoms with van der Waals surface area (Å²) in [6.07, 6.45) is -0.692. The number of hydrogen-bond donors (Lipinski definition) is 1. The molecule has 3 nitrogen and oxygen atoms in total. The summed E-state index contributed by atoms with van der Waals surface area (Å²) in [4.78, 5) is 0. The molecule has 1 unspecified atom stereocenters. The molecule has 0 aromatic heterocycles. The van der Waals surface area contributed by atoms with Crippen molar-refractivity contribution in [2.24, 2.45) is 0 Å². The van der Waals surface area contributed by atoms with Gasteiger partial charge in [-0.3, -0.25) is 0 Å². The van der Waals surface area contributed by atoms with Gasteiger partial charge in [0.1, 0.15) is 6.10 Å². The van der Waals surface area contributed by atoms with E-state index in [4.69, 9.17) is 9.47 Å². The van der Waals surface area contributed by atoms with Gasteiger partial charge in [0.2, 0.25) is 0 Å². The molecular formula is C16H17BrO3. The average molecular weight is 337 g/mol. The summed E-state index contributed by atoms with van der Waals surface area (Å²) < 4.78 is 11.5. The molecule has 0 saturated carbocycles. The van der Waals surface area contributed by atoms with E-state index in [1.54, 1.807) is 26.4 Å². The van der Waals surface area contributed by atoms with Gasteiger partial charge in [0, 0.05) is 4.47 Å². The number of aryl methyl sites for hydroxylation is 1. The fraction of sp³-hybridized carbons (Fsp3) is 0.250. The second kappa shape index (κ2) is 6.29. The van der Waals surface area contributed by atoms with E-state index in [2.05, 4.69) is 15.9 Å². The third-order valence-electron chi connectivity index (χ3n) is 3.25. The van der Waals surface area contributed by atoms with Crippen LogP contribution in [0.5, 0.6) is 11.5 Å². The fourth-order valence-corrected chi connectivity index (χ4v) is 2.62. The zero-order valence-electron chi connectivity index (χ0n) is 11.7. The van der Waals surface area contributed by atoms with Crippen molar-refractivity contribution in [2.75, 3.05) is 14.2 Å². The zero-order valence-corrected chi connectivity index (χ0v) is 13.3. The number of aliphatic hydroxyl groups is 1. The Morgan fingerprint density at radius 3 is 2.30 bits per heavy atom. The third kappa shape index (κ3) is 2.97. The van der Waals surface area contributed by atoms with Crippen LogP contribution in [-0.4, -0.2) is 19.3 Å². The van der Waals surface area contributed by atoms with Crippen molar-refractivity contribution in [3.05, 3.63) is 57.6 Å². The number of halogens is 1. The summed E-state index contributed by atoms with van der Waals surface area (Å²) in [5.74, 6) is 1.26. The van der Waals surface area contributed by atoms with Crippen LogP contribution >= 0.6 is 15.9 Å². The summed E-state index contributed by atoms with van der Waals surface area (Å²) >= 11 is 3.43. The van der Waals surface area contributed by atoms with E-state index in [1.165, 1.54) is 0 Å². The molecule has 2 aromatic rings. The van der Waals surface area contributed by atoms with Crippen molar-refractivity contribution < 1.29 is 14.6 Å². The van der Waals surface area contributed by atoms with Crippen LogP contribution in [0.2, 0.25) is 0 Å². The number of benzene rings is 2. The number of hydrogen-bond acceptors (Lipinski definition) is 3. The number of rotatable bonds is 4. The van der Waals surface area contributed by atoms with Crippen LogP contribution in [-0.2, 0) is 0 Å². The van der Waals surface area contributed by atoms with Crippen molar-refractivity contribution in [3.8, 4) is 11.5 Å². The summed E-state index contributed by atoms with van der Waals surface area (Å²) in [5, 5.41) is 10.5. The highest BCUT2D eigenvalue weighted by atomic mass is 79.9. The normalized spacial score (nSPS) is 12.1. The summed E-state index contributed by atoms with van der Waals surface area (Å²) in [6, 6.07) is 11.3. The minimum Gasteiger partial charge on any atom is -0.493 e. The smallest absolute Gasteiger partial charge is 0.161 e. The van der Waals surface area contributed by atoms with Gasteiger partial charge in [0.25, 0.3) is 0 Å². The molecule has 0 bridgehead atoms. The van der Waals surface area contributed by atoms with E-state index in [1.807, 2.05) is 31.2 Å². The van der Waals surface area contributed by atoms with Crippen LogP contribution in [0.3, 0.4) is 0 Å². The molecule has 2 rings (SSSR count). The van der Waals surface area contributed by atoms with Gasteiger partial charge in [0.15, 0.2) is 11.5 Å². The molecule has 0 amide bonds. The van der Waals surface area contributed by atoms with Crippen molar-refractivity contribution in [1.29, 1.82) is 0 Å². The van der Waals surface area contributed by atoms with E-state index in [0.29, 0.717) is 11.5 Å². The number of methoxy groups -OCH3 is 2. The molecule has 1 N–H and O–H groups in total. The molecule has 106 valence electrons. The molecule has 0 aliphatic heterocycles. The molecule has 0 aliphatic carbocycles. The van der Waals surface area contributed by atoms with E-state index < -0.39 is 6.10 Å². The summed E-state index contributed by atoms with van der Waals surface area (Å²) in [7, 11) is 3.17. The lowest BCUT2D eigenvalue weighted by atomic mass is 9.97. The van der Waals surface area contributed by atoms with Crippen LogP contribution in [0.1, 0.15) is 22.8 Å². The highest BCUT2D eigenvalue weighted by molar-refractivity contribution is 9.10. The van der Waals surface area contributed by atoms with Crippen LogP contribution in [0.15, 0.2) is 40.9 Å². The first-order valence-corrected chi connectivity index (χ1v) is 7.02. The summed E-state index contributed by atoms with van der Waals surface area (Å²) in [6.45, 7) is 1.98. The predicted octanol–water partition coefficient (Wildman–Crippen LogP) is 3.86. The minimum absolute atomic E-state index is 0.610. The maximum absolute atomic E-state index is 10.5. The quantitative estimate of drug-likeness (QED) is 0.921. The van der Waals surface area contributed by atoms with Gasteiger partial charge >= 0.3 is 0 Å². The SMILES string of the molecule is COc1ccc(C(O)c2ccc(Br)cc2C)cc1OC. The molecule has 0 heterocycles. The van der Waals surface area contributed by atoms with Gasteiger partial charge in [-0.05, 0) is 47.9 Å². The number of aliphatic hydroxyl groups excluding tert-OH is 1. The van der Waals surface area contributed by atoms with Gasteiger partial charge < -0.3 is 14.6 Å². The molecule has 20 heavy (non-hydrogen) atoms. The zero-order chi connectivity index (χ0) is 14.7. The summed E-state index contributed by atoms with van der Waals surface area (Å²) in [5.41, 5.74) is 2.68. The van der Waals surface area contributed by atoms with Gasteiger partial charge in [-0.15, -0.1) is 0 Å². The van der Waals surface area contributed by atoms with E-state index >= 15 is 0 Å². The molecule has 0 fully saturated rings. The maximum Gasteiger partial charge on any atom is 0.161 e. The molecule has 4 heteroatoms. The molecular weight excluding hydrogens is 320 g/mol. The standard InChI is InChI=1S/C16H17BrO3/c1-10-8-12(17)5-6-13(10)16(18)11-4-7-14(19-2)15(9-11)20-3/h4-9,16,18H,1-3H3. The van der Waals surface area contributed by atoms with Gasteiger partial charge in [-0.25, -0.2) is 0 Å². The monoisotopic (exact) mass is 336 g/mol. The Labute approximate surface area is 127 Å². The first-order chi connectivity index (χ1) is 9.56. The highest BCUT2D eigenvalue weighted by Gasteiger charge is 2.15. The van der Waals surface area contributed by atoms with Gasteiger partial charge in [0.05, 0.1) is 14.2 Å². The lowest BCUT2D eigenvalue weighted by Gasteiger charge is -2.16. The molecule has 0 aliphatic rings. The predicted molar refractivity (Wildman–Crippen MR) is 82.5 cm³/mol. The van der Waals surface area contributed by atoms with E-state index in [9.17, 15) is 5.11 Å². The van der Waals surface area contributed by atoms with E-state index in [0.717, 1.165) is 21.2 Å². The Morgan fingerprint density at radius 2 is 1.70 bits per heavy atom. The first-order valence-electron chi connectivity index (χ1n) is 6.23. The lowest BCUT2D eigenvalue weighted by Crippen LogP contribution is -2.03. The molecule has 0 spiro atoms. The maximum atomic E-state index is 10.5. The van der Waals surface area contributed by atoms with Gasteiger partial charge in [-0.2, -0.15) is 0 Å². The Balaban J connectivity index is 2.40. The van der Waals surface area contributed by atoms with Crippen molar-refractivity contribution in [3.63, 3.8) is 0 Å². The first kappa shape index (κ1) is 14.9. The average Bonchev–Trinajstić information content (AvgIpc) is 2.45. The fourth-order valence-electron chi connectivity index (χ4n) is 2.15. The molecule has 0 radical (unpaired) electrons. The topological polar surface area (TPSA) is 38.7 Å².